The van der Waals surface area contributed by atoms with Crippen molar-refractivity contribution >= 4 is 5.91 Å². The first kappa shape index (κ1) is 12.4. The van der Waals surface area contributed by atoms with E-state index in [-0.39, 0.29) is 5.91 Å². The summed E-state index contributed by atoms with van der Waals surface area (Å²) in [6.45, 7) is 4.26. The van der Waals surface area contributed by atoms with Crippen LogP contribution in [-0.4, -0.2) is 51.3 Å². The minimum absolute atomic E-state index is 0.0909. The van der Waals surface area contributed by atoms with Crippen molar-refractivity contribution < 1.29 is 14.3 Å². The molecule has 4 heteroatoms. The van der Waals surface area contributed by atoms with Gasteiger partial charge in [0.25, 0.3) is 0 Å². The van der Waals surface area contributed by atoms with Crippen molar-refractivity contribution in [1.82, 2.24) is 4.90 Å². The van der Waals surface area contributed by atoms with Crippen LogP contribution in [0.2, 0.25) is 0 Å². The molecule has 78 valence electrons. The van der Waals surface area contributed by atoms with Gasteiger partial charge in [0.2, 0.25) is 5.91 Å². The highest BCUT2D eigenvalue weighted by Crippen LogP contribution is 1.93. The molecule has 0 fully saturated rings. The van der Waals surface area contributed by atoms with Gasteiger partial charge in [-0.2, -0.15) is 0 Å². The van der Waals surface area contributed by atoms with Crippen molar-refractivity contribution in [1.29, 1.82) is 0 Å². The second-order valence-corrected chi connectivity index (χ2v) is 2.85. The second kappa shape index (κ2) is 8.01. The Morgan fingerprint density at radius 1 is 1.15 bits per heavy atom. The highest BCUT2D eigenvalue weighted by molar-refractivity contribution is 5.73. The minimum atomic E-state index is 0.0909. The lowest BCUT2D eigenvalue weighted by molar-refractivity contribution is -0.129. The maximum absolute atomic E-state index is 11.1. The van der Waals surface area contributed by atoms with Gasteiger partial charge in [0, 0.05) is 40.8 Å². The Balaban J connectivity index is 3.61. The molecule has 0 spiro atoms. The molecular weight excluding hydrogens is 170 g/mol. The summed E-state index contributed by atoms with van der Waals surface area (Å²) in [4.78, 5) is 12.8. The predicted octanol–water partition coefficient (Wildman–Crippen LogP) is 0.518. The fraction of sp³-hybridized carbons (Fsp3) is 0.889. The highest BCUT2D eigenvalue weighted by atomic mass is 16.5. The molecule has 0 atom stereocenters. The summed E-state index contributed by atoms with van der Waals surface area (Å²) in [6, 6.07) is 0. The highest BCUT2D eigenvalue weighted by Gasteiger charge is 2.06. The van der Waals surface area contributed by atoms with Gasteiger partial charge in [0.15, 0.2) is 0 Å². The molecule has 0 heterocycles. The summed E-state index contributed by atoms with van der Waals surface area (Å²) < 4.78 is 9.81. The van der Waals surface area contributed by atoms with E-state index in [9.17, 15) is 4.79 Å². The van der Waals surface area contributed by atoms with E-state index in [1.807, 2.05) is 0 Å². The van der Waals surface area contributed by atoms with Gasteiger partial charge in [0.1, 0.15) is 0 Å². The fourth-order valence-corrected chi connectivity index (χ4v) is 1.03. The van der Waals surface area contributed by atoms with Crippen molar-refractivity contribution in [2.45, 2.75) is 13.3 Å². The zero-order valence-electron chi connectivity index (χ0n) is 8.71. The molecule has 0 saturated carbocycles. The molecule has 0 aliphatic heterocycles. The first-order chi connectivity index (χ1) is 6.22. The van der Waals surface area contributed by atoms with Crippen molar-refractivity contribution in [2.75, 3.05) is 40.5 Å². The zero-order chi connectivity index (χ0) is 10.1. The van der Waals surface area contributed by atoms with Gasteiger partial charge < -0.3 is 14.4 Å². The zero-order valence-corrected chi connectivity index (χ0v) is 8.71. The SMILES string of the molecule is COCCCN(CCOC)C(C)=O. The van der Waals surface area contributed by atoms with E-state index in [1.54, 1.807) is 26.0 Å². The molecule has 4 nitrogen and oxygen atoms in total. The van der Waals surface area contributed by atoms with Crippen molar-refractivity contribution in [3.63, 3.8) is 0 Å². The number of hydrogen-bond donors (Lipinski definition) is 0. The van der Waals surface area contributed by atoms with Crippen LogP contribution in [0.4, 0.5) is 0 Å². The largest absolute Gasteiger partial charge is 0.385 e. The predicted molar refractivity (Wildman–Crippen MR) is 50.6 cm³/mol. The van der Waals surface area contributed by atoms with Crippen molar-refractivity contribution in [3.05, 3.63) is 0 Å². The van der Waals surface area contributed by atoms with E-state index in [4.69, 9.17) is 9.47 Å². The maximum atomic E-state index is 11.1. The minimum Gasteiger partial charge on any atom is -0.385 e. The number of nitrogens with zero attached hydrogens (tertiary/aromatic N) is 1. The molecule has 13 heavy (non-hydrogen) atoms. The van der Waals surface area contributed by atoms with E-state index in [1.165, 1.54) is 0 Å². The van der Waals surface area contributed by atoms with Gasteiger partial charge in [-0.15, -0.1) is 0 Å². The summed E-state index contributed by atoms with van der Waals surface area (Å²) in [5.41, 5.74) is 0. The third-order valence-electron chi connectivity index (χ3n) is 1.79. The fourth-order valence-electron chi connectivity index (χ4n) is 1.03. The summed E-state index contributed by atoms with van der Waals surface area (Å²) in [6.07, 6.45) is 0.875. The summed E-state index contributed by atoms with van der Waals surface area (Å²) in [5, 5.41) is 0. The van der Waals surface area contributed by atoms with Crippen LogP contribution in [0.5, 0.6) is 0 Å². The molecule has 0 aromatic heterocycles. The Hall–Kier alpha value is -0.610. The number of methoxy groups -OCH3 is 2. The first-order valence-electron chi connectivity index (χ1n) is 4.45. The second-order valence-electron chi connectivity index (χ2n) is 2.85. The molecule has 0 bridgehead atoms. The Morgan fingerprint density at radius 3 is 2.23 bits per heavy atom. The van der Waals surface area contributed by atoms with Gasteiger partial charge in [-0.3, -0.25) is 4.79 Å². The number of amides is 1. The van der Waals surface area contributed by atoms with E-state index in [2.05, 4.69) is 0 Å². The van der Waals surface area contributed by atoms with Crippen LogP contribution in [0.3, 0.4) is 0 Å². The summed E-state index contributed by atoms with van der Waals surface area (Å²) in [5.74, 6) is 0.0909. The van der Waals surface area contributed by atoms with Gasteiger partial charge >= 0.3 is 0 Å². The number of ether oxygens (including phenoxy) is 2. The third-order valence-corrected chi connectivity index (χ3v) is 1.79. The lowest BCUT2D eigenvalue weighted by Gasteiger charge is -2.20. The lowest BCUT2D eigenvalue weighted by Crippen LogP contribution is -2.33. The molecule has 0 saturated heterocycles. The summed E-state index contributed by atoms with van der Waals surface area (Å²) in [7, 11) is 3.29. The smallest absolute Gasteiger partial charge is 0.219 e. The maximum Gasteiger partial charge on any atom is 0.219 e. The van der Waals surface area contributed by atoms with Crippen LogP contribution >= 0.6 is 0 Å². The Morgan fingerprint density at radius 2 is 1.77 bits per heavy atom. The molecule has 0 unspecified atom stereocenters. The van der Waals surface area contributed by atoms with Crippen LogP contribution < -0.4 is 0 Å². The molecule has 1 amide bonds. The molecule has 0 rings (SSSR count). The van der Waals surface area contributed by atoms with Gasteiger partial charge in [-0.05, 0) is 6.42 Å². The number of rotatable bonds is 7. The average molecular weight is 189 g/mol. The molecule has 0 radical (unpaired) electrons. The number of carbonyl (C=O) groups is 1. The molecular formula is C9H19NO3. The molecule has 0 N–H and O–H groups in total. The van der Waals surface area contributed by atoms with E-state index in [0.29, 0.717) is 19.8 Å². The quantitative estimate of drug-likeness (QED) is 0.548. The number of hydrogen-bond acceptors (Lipinski definition) is 3. The number of carbonyl (C=O) groups excluding carboxylic acids is 1. The van der Waals surface area contributed by atoms with Crippen LogP contribution in [0.1, 0.15) is 13.3 Å². The van der Waals surface area contributed by atoms with Crippen LogP contribution in [-0.2, 0) is 14.3 Å². The molecule has 0 aliphatic rings. The van der Waals surface area contributed by atoms with Crippen LogP contribution in [0, 0.1) is 0 Å². The van der Waals surface area contributed by atoms with Gasteiger partial charge in [-0.25, -0.2) is 0 Å². The van der Waals surface area contributed by atoms with Crippen molar-refractivity contribution in [3.8, 4) is 0 Å². The lowest BCUT2D eigenvalue weighted by atomic mass is 10.4. The Bertz CT molecular complexity index is 139. The van der Waals surface area contributed by atoms with E-state index < -0.39 is 0 Å². The van der Waals surface area contributed by atoms with E-state index >= 15 is 0 Å². The molecule has 0 aromatic carbocycles. The molecule has 0 aromatic rings. The standard InChI is InChI=1S/C9H19NO3/c1-9(11)10(6-8-13-3)5-4-7-12-2/h4-8H2,1-3H3. The van der Waals surface area contributed by atoms with Crippen LogP contribution in [0.15, 0.2) is 0 Å². The summed E-state index contributed by atoms with van der Waals surface area (Å²) >= 11 is 0. The monoisotopic (exact) mass is 189 g/mol. The third kappa shape index (κ3) is 6.54. The van der Waals surface area contributed by atoms with E-state index in [0.717, 1.165) is 13.0 Å². The van der Waals surface area contributed by atoms with Gasteiger partial charge in [0.05, 0.1) is 6.61 Å². The van der Waals surface area contributed by atoms with Crippen molar-refractivity contribution in [2.24, 2.45) is 0 Å². The topological polar surface area (TPSA) is 38.8 Å². The average Bonchev–Trinajstić information content (AvgIpc) is 2.10. The van der Waals surface area contributed by atoms with Gasteiger partial charge in [-0.1, -0.05) is 0 Å². The Labute approximate surface area is 79.8 Å². The van der Waals surface area contributed by atoms with Crippen LogP contribution in [0.25, 0.3) is 0 Å². The molecule has 0 aliphatic carbocycles. The normalized spacial score (nSPS) is 10.1. The Kier molecular flexibility index (Phi) is 7.63. The first-order valence-corrected chi connectivity index (χ1v) is 4.45.